The summed E-state index contributed by atoms with van der Waals surface area (Å²) in [6, 6.07) is 7.65. The monoisotopic (exact) mass is 562 g/mol. The molecule has 5 rings (SSSR count). The third-order valence-corrected chi connectivity index (χ3v) is 11.6. The minimum atomic E-state index is -0.235. The highest BCUT2D eigenvalue weighted by molar-refractivity contribution is 6.18. The van der Waals surface area contributed by atoms with Crippen molar-refractivity contribution in [2.75, 3.05) is 29.7 Å². The van der Waals surface area contributed by atoms with E-state index in [1.807, 2.05) is 24.3 Å². The van der Waals surface area contributed by atoms with Gasteiger partial charge in [-0.2, -0.15) is 0 Å². The summed E-state index contributed by atoms with van der Waals surface area (Å²) in [6.45, 7) is 8.63. The Kier molecular flexibility index (Phi) is 8.01. The molecule has 3 saturated carbocycles. The molecular formula is C31H44Cl2N2O3. The molecule has 7 atom stereocenters. The van der Waals surface area contributed by atoms with Crippen molar-refractivity contribution in [2.24, 2.45) is 28.6 Å². The van der Waals surface area contributed by atoms with E-state index in [1.54, 1.807) is 0 Å². The van der Waals surface area contributed by atoms with Crippen molar-refractivity contribution in [1.82, 2.24) is 5.32 Å². The van der Waals surface area contributed by atoms with Gasteiger partial charge >= 0.3 is 5.97 Å². The summed E-state index contributed by atoms with van der Waals surface area (Å²) in [5.74, 6) is 2.94. The van der Waals surface area contributed by atoms with Crippen LogP contribution in [-0.4, -0.2) is 48.4 Å². The van der Waals surface area contributed by atoms with Crippen LogP contribution in [0.1, 0.15) is 88.9 Å². The van der Waals surface area contributed by atoms with E-state index in [9.17, 15) is 9.59 Å². The highest BCUT2D eigenvalue weighted by Crippen LogP contribution is 2.67. The molecule has 1 N–H and O–H groups in total. The predicted molar refractivity (Wildman–Crippen MR) is 154 cm³/mol. The number of nitrogens with one attached hydrogen (secondary N) is 1. The summed E-state index contributed by atoms with van der Waals surface area (Å²) in [6.07, 6.45) is 9.24. The molecule has 0 unspecified atom stereocenters. The number of benzene rings is 1. The molecule has 1 aromatic carbocycles. The number of hydrogen-bond acceptors (Lipinski definition) is 4. The first kappa shape index (κ1) is 28.1. The van der Waals surface area contributed by atoms with Gasteiger partial charge in [-0.25, -0.2) is 4.79 Å². The summed E-state index contributed by atoms with van der Waals surface area (Å²) < 4.78 is 6.18. The largest absolute Gasteiger partial charge is 0.459 e. The van der Waals surface area contributed by atoms with E-state index >= 15 is 0 Å². The van der Waals surface area contributed by atoms with Crippen molar-refractivity contribution in [3.8, 4) is 0 Å². The molecule has 3 aliphatic carbocycles. The summed E-state index contributed by atoms with van der Waals surface area (Å²) >= 11 is 12.0. The molecule has 1 aliphatic heterocycles. The van der Waals surface area contributed by atoms with E-state index in [4.69, 9.17) is 27.9 Å². The van der Waals surface area contributed by atoms with Crippen LogP contribution in [0.3, 0.4) is 0 Å². The number of alkyl halides is 2. The lowest BCUT2D eigenvalue weighted by Gasteiger charge is -2.66. The zero-order chi connectivity index (χ0) is 27.1. The molecule has 1 amide bonds. The van der Waals surface area contributed by atoms with Crippen LogP contribution in [0.2, 0.25) is 0 Å². The lowest BCUT2D eigenvalue weighted by atomic mass is 9.40. The highest BCUT2D eigenvalue weighted by atomic mass is 35.5. The topological polar surface area (TPSA) is 58.6 Å². The molecule has 0 aromatic heterocycles. The molecule has 210 valence electrons. The normalized spacial score (nSPS) is 38.3. The Hall–Kier alpha value is -1.46. The van der Waals surface area contributed by atoms with Crippen LogP contribution in [0.25, 0.3) is 0 Å². The Morgan fingerprint density at radius 2 is 1.79 bits per heavy atom. The van der Waals surface area contributed by atoms with Crippen LogP contribution >= 0.6 is 23.2 Å². The quantitative estimate of drug-likeness (QED) is 0.293. The molecule has 5 nitrogen and oxygen atoms in total. The summed E-state index contributed by atoms with van der Waals surface area (Å²) in [4.78, 5) is 27.6. The Bertz CT molecular complexity index is 1050. The third kappa shape index (κ3) is 4.96. The predicted octanol–water partition coefficient (Wildman–Crippen LogP) is 6.80. The molecule has 1 saturated heterocycles. The van der Waals surface area contributed by atoms with Crippen LogP contribution < -0.4 is 10.2 Å². The highest BCUT2D eigenvalue weighted by Gasteiger charge is 2.62. The average Bonchev–Trinajstić information content (AvgIpc) is 2.88. The first-order valence-corrected chi connectivity index (χ1v) is 15.7. The molecule has 1 aromatic rings. The van der Waals surface area contributed by atoms with Gasteiger partial charge in [0.25, 0.3) is 0 Å². The SMILES string of the molecule is C[C@@]12CC[C@H]3[C@@H]4CCC(=O)N[C@@]4(C)CC[C@@H]3[C@@]1(C)CC[C@H](OC(=O)c1cccc(N(CCCl)CCCl)c1)C2. The maximum atomic E-state index is 13.3. The first-order valence-electron chi connectivity index (χ1n) is 14.6. The molecular weight excluding hydrogens is 519 g/mol. The van der Waals surface area contributed by atoms with Crippen LogP contribution in [-0.2, 0) is 9.53 Å². The number of ether oxygens (including phenoxy) is 1. The number of carbonyl (C=O) groups excluding carboxylic acids is 2. The number of nitrogens with zero attached hydrogens (tertiary/aromatic N) is 1. The fourth-order valence-electron chi connectivity index (χ4n) is 8.99. The molecule has 4 fully saturated rings. The zero-order valence-electron chi connectivity index (χ0n) is 23.2. The number of amides is 1. The van der Waals surface area contributed by atoms with Gasteiger partial charge in [0, 0.05) is 42.5 Å². The van der Waals surface area contributed by atoms with E-state index in [1.165, 1.54) is 19.3 Å². The maximum Gasteiger partial charge on any atom is 0.338 e. The van der Waals surface area contributed by atoms with Gasteiger partial charge in [-0.1, -0.05) is 19.9 Å². The second-order valence-corrected chi connectivity index (χ2v) is 13.9. The van der Waals surface area contributed by atoms with Crippen molar-refractivity contribution in [1.29, 1.82) is 0 Å². The van der Waals surface area contributed by atoms with Gasteiger partial charge in [0.1, 0.15) is 6.10 Å². The number of carbonyl (C=O) groups is 2. The van der Waals surface area contributed by atoms with Gasteiger partial charge in [0.05, 0.1) is 5.56 Å². The third-order valence-electron chi connectivity index (χ3n) is 11.3. The Morgan fingerprint density at radius 1 is 1.03 bits per heavy atom. The molecule has 1 heterocycles. The fraction of sp³-hybridized carbons (Fsp3) is 0.742. The Labute approximate surface area is 238 Å². The van der Waals surface area contributed by atoms with Gasteiger partial charge in [0.2, 0.25) is 5.91 Å². The minimum Gasteiger partial charge on any atom is -0.459 e. The number of halogens is 2. The van der Waals surface area contributed by atoms with Crippen molar-refractivity contribution in [3.05, 3.63) is 29.8 Å². The van der Waals surface area contributed by atoms with Gasteiger partial charge in [0.15, 0.2) is 0 Å². The van der Waals surface area contributed by atoms with Crippen molar-refractivity contribution >= 4 is 40.8 Å². The number of esters is 1. The van der Waals surface area contributed by atoms with E-state index < -0.39 is 0 Å². The minimum absolute atomic E-state index is 0.0367. The Morgan fingerprint density at radius 3 is 2.53 bits per heavy atom. The second kappa shape index (κ2) is 10.8. The van der Waals surface area contributed by atoms with Crippen molar-refractivity contribution in [3.63, 3.8) is 0 Å². The zero-order valence-corrected chi connectivity index (χ0v) is 24.8. The van der Waals surface area contributed by atoms with Gasteiger partial charge in [-0.15, -0.1) is 23.2 Å². The van der Waals surface area contributed by atoms with Gasteiger partial charge < -0.3 is 15.0 Å². The van der Waals surface area contributed by atoms with Gasteiger partial charge in [-0.3, -0.25) is 4.79 Å². The number of fused-ring (bicyclic) bond motifs is 5. The van der Waals surface area contributed by atoms with Crippen LogP contribution in [0, 0.1) is 28.6 Å². The van der Waals surface area contributed by atoms with Gasteiger partial charge in [-0.05, 0) is 105 Å². The average molecular weight is 564 g/mol. The molecule has 0 bridgehead atoms. The summed E-state index contributed by atoms with van der Waals surface area (Å²) in [7, 11) is 0. The summed E-state index contributed by atoms with van der Waals surface area (Å²) in [5.41, 5.74) is 1.90. The lowest BCUT2D eigenvalue weighted by Crippen LogP contribution is -2.65. The molecule has 7 heteroatoms. The number of hydrogen-bond donors (Lipinski definition) is 1. The van der Waals surface area contributed by atoms with Crippen LogP contribution in [0.5, 0.6) is 0 Å². The fourth-order valence-corrected chi connectivity index (χ4v) is 9.39. The van der Waals surface area contributed by atoms with E-state index in [0.29, 0.717) is 54.6 Å². The molecule has 4 aliphatic rings. The van der Waals surface area contributed by atoms with Crippen molar-refractivity contribution < 1.29 is 14.3 Å². The van der Waals surface area contributed by atoms with Crippen molar-refractivity contribution in [2.45, 2.75) is 90.2 Å². The van der Waals surface area contributed by atoms with E-state index in [-0.39, 0.29) is 34.3 Å². The Balaban J connectivity index is 1.27. The van der Waals surface area contributed by atoms with Crippen LogP contribution in [0.15, 0.2) is 24.3 Å². The van der Waals surface area contributed by atoms with E-state index in [2.05, 4.69) is 31.0 Å². The smallest absolute Gasteiger partial charge is 0.338 e. The summed E-state index contributed by atoms with van der Waals surface area (Å²) in [5, 5.41) is 3.38. The molecule has 38 heavy (non-hydrogen) atoms. The van der Waals surface area contributed by atoms with Crippen LogP contribution in [0.4, 0.5) is 5.69 Å². The number of anilines is 1. The number of piperidine rings is 1. The maximum absolute atomic E-state index is 13.3. The molecule has 0 spiro atoms. The number of rotatable bonds is 7. The van der Waals surface area contributed by atoms with E-state index in [0.717, 1.165) is 37.8 Å². The standard InChI is InChI=1S/C31H44Cl2N2O3/c1-29-12-10-24-25(11-14-31(3)26(24)7-8-27(36)34-31)30(29,2)13-9-23(20-29)38-28(37)21-5-4-6-22(19-21)35(17-15-32)18-16-33/h4-6,19,23-26H,7-18,20H2,1-3H3,(H,34,36)/t23-,24+,25-,26-,29-,30+,31-/m0/s1. The first-order chi connectivity index (χ1) is 18.1. The second-order valence-electron chi connectivity index (χ2n) is 13.1. The lowest BCUT2D eigenvalue weighted by molar-refractivity contribution is -0.171. The molecule has 0 radical (unpaired) electrons.